The maximum absolute atomic E-state index is 11.8. The van der Waals surface area contributed by atoms with E-state index in [0.717, 1.165) is 23.0 Å². The van der Waals surface area contributed by atoms with Crippen LogP contribution in [0, 0.1) is 13.8 Å². The van der Waals surface area contributed by atoms with Gasteiger partial charge in [-0.15, -0.1) is 0 Å². The lowest BCUT2D eigenvalue weighted by Gasteiger charge is -2.11. The first-order chi connectivity index (χ1) is 11.9. The molecule has 1 aromatic heterocycles. The number of esters is 2. The second-order valence-corrected chi connectivity index (χ2v) is 5.48. The number of aryl methyl sites for hydroxylation is 2. The minimum Gasteiger partial charge on any atom is -0.466 e. The molecular weight excluding hydrogens is 322 g/mol. The van der Waals surface area contributed by atoms with Gasteiger partial charge < -0.3 is 14.8 Å². The number of benzene rings is 1. The third-order valence-electron chi connectivity index (χ3n) is 3.51. The van der Waals surface area contributed by atoms with Gasteiger partial charge in [0.25, 0.3) is 0 Å². The highest BCUT2D eigenvalue weighted by Gasteiger charge is 2.13. The number of methoxy groups -OCH3 is 2. The van der Waals surface area contributed by atoms with E-state index in [9.17, 15) is 9.59 Å². The molecule has 2 rings (SSSR count). The molecule has 7 nitrogen and oxygen atoms in total. The molecule has 132 valence electrons. The third kappa shape index (κ3) is 4.94. The van der Waals surface area contributed by atoms with E-state index in [1.54, 1.807) is 6.07 Å². The number of nitrogens with one attached hydrogen (secondary N) is 1. The van der Waals surface area contributed by atoms with Crippen LogP contribution in [0.2, 0.25) is 0 Å². The summed E-state index contributed by atoms with van der Waals surface area (Å²) in [5, 5.41) is 7.33. The van der Waals surface area contributed by atoms with Crippen LogP contribution in [0.5, 0.6) is 0 Å². The highest BCUT2D eigenvalue weighted by atomic mass is 16.5. The zero-order valence-corrected chi connectivity index (χ0v) is 14.7. The molecule has 0 unspecified atom stereocenters. The number of carbonyl (C=O) groups is 2. The van der Waals surface area contributed by atoms with Crippen molar-refractivity contribution in [1.29, 1.82) is 0 Å². The van der Waals surface area contributed by atoms with Gasteiger partial charge in [-0.05, 0) is 37.6 Å². The molecule has 7 heteroatoms. The van der Waals surface area contributed by atoms with Crippen LogP contribution in [0.1, 0.15) is 17.0 Å². The van der Waals surface area contributed by atoms with Gasteiger partial charge >= 0.3 is 11.9 Å². The monoisotopic (exact) mass is 343 g/mol. The van der Waals surface area contributed by atoms with Crippen LogP contribution in [0.4, 0.5) is 5.69 Å². The Morgan fingerprint density at radius 2 is 1.96 bits per heavy atom. The maximum atomic E-state index is 11.8. The molecule has 0 amide bonds. The number of carbonyl (C=O) groups excluding carboxylic acids is 2. The van der Waals surface area contributed by atoms with Gasteiger partial charge in [-0.1, -0.05) is 12.1 Å². The molecule has 2 aromatic rings. The highest BCUT2D eigenvalue weighted by molar-refractivity contribution is 5.98. The fraction of sp³-hybridized carbons (Fsp3) is 0.278. The summed E-state index contributed by atoms with van der Waals surface area (Å²) in [7, 11) is 2.48. The van der Waals surface area contributed by atoms with Crippen LogP contribution in [-0.4, -0.2) is 35.9 Å². The zero-order chi connectivity index (χ0) is 18.4. The molecule has 0 fully saturated rings. The van der Waals surface area contributed by atoms with Crippen molar-refractivity contribution in [3.8, 4) is 0 Å². The minimum absolute atomic E-state index is 0.00221. The fourth-order valence-electron chi connectivity index (χ4n) is 2.34. The van der Waals surface area contributed by atoms with Crippen LogP contribution < -0.4 is 5.32 Å². The lowest BCUT2D eigenvalue weighted by Crippen LogP contribution is -2.15. The summed E-state index contributed by atoms with van der Waals surface area (Å²) in [6, 6.07) is 9.50. The maximum Gasteiger partial charge on any atom is 0.354 e. The predicted octanol–water partition coefficient (Wildman–Crippen LogP) is 2.19. The van der Waals surface area contributed by atoms with E-state index in [0.29, 0.717) is 12.2 Å². The Balaban J connectivity index is 2.22. The molecule has 0 aliphatic carbocycles. The number of anilines is 1. The molecule has 0 aliphatic heterocycles. The van der Waals surface area contributed by atoms with Gasteiger partial charge in [-0.3, -0.25) is 4.68 Å². The Kier molecular flexibility index (Phi) is 5.94. The van der Waals surface area contributed by atoms with Crippen molar-refractivity contribution in [2.75, 3.05) is 19.5 Å². The van der Waals surface area contributed by atoms with Gasteiger partial charge in [0.1, 0.15) is 5.70 Å². The zero-order valence-electron chi connectivity index (χ0n) is 14.7. The van der Waals surface area contributed by atoms with Gasteiger partial charge in [-0.2, -0.15) is 5.10 Å². The highest BCUT2D eigenvalue weighted by Crippen LogP contribution is 2.16. The van der Waals surface area contributed by atoms with Crippen molar-refractivity contribution in [3.63, 3.8) is 0 Å². The molecular formula is C18H21N3O4. The molecule has 0 bridgehead atoms. The molecule has 1 N–H and O–H groups in total. The first kappa shape index (κ1) is 18.3. The van der Waals surface area contributed by atoms with Crippen molar-refractivity contribution in [2.45, 2.75) is 20.4 Å². The van der Waals surface area contributed by atoms with Crippen LogP contribution in [-0.2, 0) is 25.6 Å². The van der Waals surface area contributed by atoms with Gasteiger partial charge in [0.15, 0.2) is 0 Å². The first-order valence-corrected chi connectivity index (χ1v) is 7.68. The average molecular weight is 343 g/mol. The molecule has 1 aromatic carbocycles. The number of ether oxygens (including phenoxy) is 2. The van der Waals surface area contributed by atoms with Crippen molar-refractivity contribution in [1.82, 2.24) is 9.78 Å². The van der Waals surface area contributed by atoms with Crippen molar-refractivity contribution < 1.29 is 19.1 Å². The minimum atomic E-state index is -0.658. The summed E-state index contributed by atoms with van der Waals surface area (Å²) in [6.45, 7) is 4.54. The van der Waals surface area contributed by atoms with Crippen molar-refractivity contribution in [2.24, 2.45) is 0 Å². The standard InChI is InChI=1S/C18H21N3O4/c1-12-8-13(2)21(20-12)11-14-6-5-7-15(9-14)19-16(18(23)25-4)10-17(22)24-3/h5-10,19H,11H2,1-4H3/b16-10+. The SMILES string of the molecule is COC(=O)/C=C(/Nc1cccc(Cn2nc(C)cc2C)c1)C(=O)OC. The Morgan fingerprint density at radius 3 is 2.56 bits per heavy atom. The third-order valence-corrected chi connectivity index (χ3v) is 3.51. The van der Waals surface area contributed by atoms with E-state index in [1.165, 1.54) is 14.2 Å². The number of hydrogen-bond donors (Lipinski definition) is 1. The Morgan fingerprint density at radius 1 is 1.20 bits per heavy atom. The summed E-state index contributed by atoms with van der Waals surface area (Å²) in [5.41, 5.74) is 3.67. The molecule has 1 heterocycles. The Bertz CT molecular complexity index is 808. The molecule has 0 atom stereocenters. The van der Waals surface area contributed by atoms with E-state index in [4.69, 9.17) is 0 Å². The van der Waals surface area contributed by atoms with Crippen molar-refractivity contribution in [3.05, 3.63) is 59.1 Å². The lowest BCUT2D eigenvalue weighted by molar-refractivity contribution is -0.138. The van der Waals surface area contributed by atoms with Gasteiger partial charge in [0.05, 0.1) is 32.5 Å². The molecule has 0 radical (unpaired) electrons. The quantitative estimate of drug-likeness (QED) is 0.639. The second kappa shape index (κ2) is 8.14. The Labute approximate surface area is 146 Å². The fourth-order valence-corrected chi connectivity index (χ4v) is 2.34. The largest absolute Gasteiger partial charge is 0.466 e. The normalized spacial score (nSPS) is 11.1. The van der Waals surface area contributed by atoms with Gasteiger partial charge in [0.2, 0.25) is 0 Å². The first-order valence-electron chi connectivity index (χ1n) is 7.68. The number of aromatic nitrogens is 2. The van der Waals surface area contributed by atoms with Crippen LogP contribution in [0.25, 0.3) is 0 Å². The molecule has 0 saturated carbocycles. The van der Waals surface area contributed by atoms with Gasteiger partial charge in [0, 0.05) is 11.4 Å². The number of hydrogen-bond acceptors (Lipinski definition) is 6. The number of nitrogens with zero attached hydrogens (tertiary/aromatic N) is 2. The summed E-state index contributed by atoms with van der Waals surface area (Å²) in [4.78, 5) is 23.2. The van der Waals surface area contributed by atoms with E-state index >= 15 is 0 Å². The average Bonchev–Trinajstić information content (AvgIpc) is 2.90. The van der Waals surface area contributed by atoms with Crippen LogP contribution >= 0.6 is 0 Å². The number of rotatable bonds is 6. The van der Waals surface area contributed by atoms with E-state index in [2.05, 4.69) is 19.9 Å². The van der Waals surface area contributed by atoms with Gasteiger partial charge in [-0.25, -0.2) is 9.59 Å². The topological polar surface area (TPSA) is 82.5 Å². The Hall–Kier alpha value is -3.09. The molecule has 0 saturated heterocycles. The van der Waals surface area contributed by atoms with E-state index < -0.39 is 11.9 Å². The summed E-state index contributed by atoms with van der Waals surface area (Å²) in [5.74, 6) is -1.30. The summed E-state index contributed by atoms with van der Waals surface area (Å²) < 4.78 is 11.1. The molecule has 0 spiro atoms. The summed E-state index contributed by atoms with van der Waals surface area (Å²) in [6.07, 6.45) is 1.06. The molecule has 25 heavy (non-hydrogen) atoms. The predicted molar refractivity (Wildman–Crippen MR) is 93.0 cm³/mol. The van der Waals surface area contributed by atoms with E-state index in [1.807, 2.05) is 42.8 Å². The summed E-state index contributed by atoms with van der Waals surface area (Å²) >= 11 is 0. The molecule has 0 aliphatic rings. The van der Waals surface area contributed by atoms with Crippen LogP contribution in [0.3, 0.4) is 0 Å². The second-order valence-electron chi connectivity index (χ2n) is 5.48. The smallest absolute Gasteiger partial charge is 0.354 e. The van der Waals surface area contributed by atoms with Crippen molar-refractivity contribution >= 4 is 17.6 Å². The van der Waals surface area contributed by atoms with E-state index in [-0.39, 0.29) is 5.70 Å². The lowest BCUT2D eigenvalue weighted by atomic mass is 10.2. The van der Waals surface area contributed by atoms with Crippen LogP contribution in [0.15, 0.2) is 42.1 Å².